The van der Waals surface area contributed by atoms with Crippen LogP contribution < -0.4 is 5.32 Å². The Morgan fingerprint density at radius 1 is 1.08 bits per heavy atom. The number of nitrogens with zero attached hydrogens (tertiary/aromatic N) is 1. The molecule has 0 radical (unpaired) electrons. The Hall–Kier alpha value is -2.14. The van der Waals surface area contributed by atoms with Gasteiger partial charge in [-0.25, -0.2) is 0 Å². The van der Waals surface area contributed by atoms with Gasteiger partial charge in [-0.3, -0.25) is 14.6 Å². The Balaban J connectivity index is 1.78. The van der Waals surface area contributed by atoms with Gasteiger partial charge in [0.05, 0.1) is 16.1 Å². The minimum Gasteiger partial charge on any atom is -0.481 e. The number of aromatic nitrogens is 1. The quantitative estimate of drug-likeness (QED) is 0.670. The van der Waals surface area contributed by atoms with Crippen LogP contribution in [0.25, 0.3) is 10.9 Å². The summed E-state index contributed by atoms with van der Waals surface area (Å²) in [4.78, 5) is 27.0. The monoisotopic (exact) mass is 348 g/mol. The van der Waals surface area contributed by atoms with Gasteiger partial charge in [0.25, 0.3) is 5.91 Å². The third-order valence-electron chi connectivity index (χ3n) is 3.81. The molecule has 0 fully saturated rings. The van der Waals surface area contributed by atoms with Crippen LogP contribution in [0.4, 0.5) is 0 Å². The van der Waals surface area contributed by atoms with Crippen molar-refractivity contribution in [1.82, 2.24) is 10.3 Å². The highest BCUT2D eigenvalue weighted by atomic mass is 35.5. The number of carbonyl (C=O) groups is 2. The largest absolute Gasteiger partial charge is 0.481 e. The molecule has 2 aromatic rings. The van der Waals surface area contributed by atoms with E-state index in [2.05, 4.69) is 10.3 Å². The molecular weight excluding hydrogens is 328 g/mol. The predicted molar refractivity (Wildman–Crippen MR) is 94.4 cm³/mol. The predicted octanol–water partition coefficient (Wildman–Crippen LogP) is 4.04. The summed E-state index contributed by atoms with van der Waals surface area (Å²) in [7, 11) is 0. The van der Waals surface area contributed by atoms with Crippen molar-refractivity contribution in [2.45, 2.75) is 38.5 Å². The fraction of sp³-hybridized carbons (Fsp3) is 0.389. The van der Waals surface area contributed by atoms with Crippen molar-refractivity contribution in [2.75, 3.05) is 6.54 Å². The molecule has 0 unspecified atom stereocenters. The number of aliphatic carboxylic acids is 1. The van der Waals surface area contributed by atoms with Crippen molar-refractivity contribution in [2.24, 2.45) is 0 Å². The molecule has 0 aliphatic rings. The van der Waals surface area contributed by atoms with Crippen molar-refractivity contribution >= 4 is 34.4 Å². The molecule has 1 aromatic carbocycles. The lowest BCUT2D eigenvalue weighted by Gasteiger charge is -2.08. The number of amides is 1. The molecule has 0 saturated carbocycles. The van der Waals surface area contributed by atoms with E-state index in [9.17, 15) is 9.59 Å². The van der Waals surface area contributed by atoms with Crippen LogP contribution in [-0.2, 0) is 4.79 Å². The lowest BCUT2D eigenvalue weighted by molar-refractivity contribution is -0.137. The average molecular weight is 349 g/mol. The van der Waals surface area contributed by atoms with Crippen LogP contribution >= 0.6 is 11.6 Å². The SMILES string of the molecule is O=C(O)CCCCCCCNC(=O)c1ccc(Cl)c2cccnc12. The topological polar surface area (TPSA) is 79.3 Å². The number of nitrogens with one attached hydrogen (secondary N) is 1. The number of carboxylic acid groups (broad SMARTS) is 1. The molecular formula is C18H21ClN2O3. The molecule has 2 N–H and O–H groups in total. The Morgan fingerprint density at radius 3 is 2.62 bits per heavy atom. The molecule has 0 bridgehead atoms. The van der Waals surface area contributed by atoms with Gasteiger partial charge in [-0.15, -0.1) is 0 Å². The van der Waals surface area contributed by atoms with E-state index in [-0.39, 0.29) is 12.3 Å². The Kier molecular flexibility index (Phi) is 7.00. The third kappa shape index (κ3) is 5.20. The fourth-order valence-corrected chi connectivity index (χ4v) is 2.77. The first-order chi connectivity index (χ1) is 11.6. The lowest BCUT2D eigenvalue weighted by atomic mass is 10.1. The van der Waals surface area contributed by atoms with Gasteiger partial charge in [-0.05, 0) is 37.1 Å². The van der Waals surface area contributed by atoms with Crippen LogP contribution in [0.15, 0.2) is 30.5 Å². The standard InChI is InChI=1S/C18H21ClN2O3/c19-15-10-9-14(17-13(15)7-6-12-20-17)18(24)21-11-5-3-1-2-4-8-16(22)23/h6-7,9-10,12H,1-5,8,11H2,(H,21,24)(H,22,23). The number of pyridine rings is 1. The summed E-state index contributed by atoms with van der Waals surface area (Å²) in [6, 6.07) is 7.04. The minimum atomic E-state index is -0.744. The van der Waals surface area contributed by atoms with E-state index in [4.69, 9.17) is 16.7 Å². The van der Waals surface area contributed by atoms with E-state index in [1.807, 2.05) is 6.07 Å². The molecule has 2 rings (SSSR count). The van der Waals surface area contributed by atoms with Gasteiger partial charge in [0.2, 0.25) is 0 Å². The maximum Gasteiger partial charge on any atom is 0.303 e. The number of benzene rings is 1. The second kappa shape index (κ2) is 9.23. The molecule has 1 heterocycles. The number of fused-ring (bicyclic) bond motifs is 1. The highest BCUT2D eigenvalue weighted by Crippen LogP contribution is 2.24. The summed E-state index contributed by atoms with van der Waals surface area (Å²) in [5, 5.41) is 12.8. The molecule has 1 amide bonds. The smallest absolute Gasteiger partial charge is 0.303 e. The number of halogens is 1. The zero-order valence-electron chi connectivity index (χ0n) is 13.4. The number of carboxylic acids is 1. The summed E-state index contributed by atoms with van der Waals surface area (Å²) in [6.07, 6.45) is 6.32. The van der Waals surface area contributed by atoms with E-state index < -0.39 is 5.97 Å². The van der Waals surface area contributed by atoms with Gasteiger partial charge < -0.3 is 10.4 Å². The van der Waals surface area contributed by atoms with Crippen LogP contribution in [0.5, 0.6) is 0 Å². The first-order valence-corrected chi connectivity index (χ1v) is 8.50. The highest BCUT2D eigenvalue weighted by molar-refractivity contribution is 6.36. The van der Waals surface area contributed by atoms with Crippen molar-refractivity contribution in [1.29, 1.82) is 0 Å². The molecule has 0 spiro atoms. The van der Waals surface area contributed by atoms with Crippen LogP contribution in [0.3, 0.4) is 0 Å². The number of hydrogen-bond donors (Lipinski definition) is 2. The van der Waals surface area contributed by atoms with Crippen LogP contribution in [0.1, 0.15) is 48.9 Å². The molecule has 5 nitrogen and oxygen atoms in total. The molecule has 128 valence electrons. The number of unbranched alkanes of at least 4 members (excludes halogenated alkanes) is 4. The average Bonchev–Trinajstić information content (AvgIpc) is 2.57. The molecule has 1 aromatic heterocycles. The Morgan fingerprint density at radius 2 is 1.83 bits per heavy atom. The molecule has 0 saturated heterocycles. The fourth-order valence-electron chi connectivity index (χ4n) is 2.55. The Labute approximate surface area is 146 Å². The number of rotatable bonds is 9. The summed E-state index contributed by atoms with van der Waals surface area (Å²) in [5.41, 5.74) is 1.13. The minimum absolute atomic E-state index is 0.152. The van der Waals surface area contributed by atoms with Crippen LogP contribution in [-0.4, -0.2) is 28.5 Å². The van der Waals surface area contributed by atoms with E-state index in [1.165, 1.54) is 0 Å². The second-order valence-electron chi connectivity index (χ2n) is 5.66. The summed E-state index contributed by atoms with van der Waals surface area (Å²) in [6.45, 7) is 0.592. The summed E-state index contributed by atoms with van der Waals surface area (Å²) in [5.74, 6) is -0.896. The first kappa shape index (κ1) is 18.2. The zero-order valence-corrected chi connectivity index (χ0v) is 14.2. The van der Waals surface area contributed by atoms with Gasteiger partial charge in [0.1, 0.15) is 0 Å². The maximum absolute atomic E-state index is 12.3. The molecule has 24 heavy (non-hydrogen) atoms. The lowest BCUT2D eigenvalue weighted by Crippen LogP contribution is -2.24. The van der Waals surface area contributed by atoms with Crippen molar-refractivity contribution in [3.63, 3.8) is 0 Å². The van der Waals surface area contributed by atoms with Crippen molar-refractivity contribution < 1.29 is 14.7 Å². The van der Waals surface area contributed by atoms with Gasteiger partial charge >= 0.3 is 5.97 Å². The normalized spacial score (nSPS) is 10.7. The van der Waals surface area contributed by atoms with E-state index in [0.717, 1.165) is 31.1 Å². The van der Waals surface area contributed by atoms with Crippen molar-refractivity contribution in [3.8, 4) is 0 Å². The molecule has 0 aliphatic carbocycles. The molecule has 6 heteroatoms. The maximum atomic E-state index is 12.3. The van der Waals surface area contributed by atoms with Crippen LogP contribution in [0, 0.1) is 0 Å². The van der Waals surface area contributed by atoms with Gasteiger partial charge in [-0.1, -0.05) is 30.9 Å². The van der Waals surface area contributed by atoms with Gasteiger partial charge in [-0.2, -0.15) is 0 Å². The highest BCUT2D eigenvalue weighted by Gasteiger charge is 2.12. The van der Waals surface area contributed by atoms with Crippen molar-refractivity contribution in [3.05, 3.63) is 41.0 Å². The van der Waals surface area contributed by atoms with Crippen LogP contribution in [0.2, 0.25) is 5.02 Å². The molecule has 0 atom stereocenters. The van der Waals surface area contributed by atoms with Gasteiger partial charge in [0.15, 0.2) is 0 Å². The Bertz CT molecular complexity index is 718. The third-order valence-corrected chi connectivity index (χ3v) is 4.14. The second-order valence-corrected chi connectivity index (χ2v) is 6.07. The number of carbonyl (C=O) groups excluding carboxylic acids is 1. The molecule has 0 aliphatic heterocycles. The van der Waals surface area contributed by atoms with E-state index >= 15 is 0 Å². The van der Waals surface area contributed by atoms with Gasteiger partial charge in [0, 0.05) is 24.5 Å². The zero-order chi connectivity index (χ0) is 17.4. The summed E-state index contributed by atoms with van der Waals surface area (Å²) < 4.78 is 0. The van der Waals surface area contributed by atoms with E-state index in [0.29, 0.717) is 29.1 Å². The first-order valence-electron chi connectivity index (χ1n) is 8.13. The van der Waals surface area contributed by atoms with E-state index in [1.54, 1.807) is 24.4 Å². The number of hydrogen-bond acceptors (Lipinski definition) is 3. The summed E-state index contributed by atoms with van der Waals surface area (Å²) >= 11 is 6.13.